The van der Waals surface area contributed by atoms with Gasteiger partial charge in [-0.05, 0) is 53.4 Å². The van der Waals surface area contributed by atoms with E-state index in [-0.39, 0.29) is 26.1 Å². The van der Waals surface area contributed by atoms with E-state index < -0.39 is 42.0 Å². The van der Waals surface area contributed by atoms with Crippen molar-refractivity contribution in [3.63, 3.8) is 0 Å². The molecule has 1 heterocycles. The highest BCUT2D eigenvalue weighted by Gasteiger charge is 2.48. The molecule has 1 rings (SSSR count). The molecule has 0 aromatic rings. The SMILES string of the molecule is CC(C)(C)OC(=O)N1[C@H]([C@@H](CCO)CCC(F)(F)F)COC1(C)C. The van der Waals surface area contributed by atoms with E-state index in [1.807, 2.05) is 0 Å². The summed E-state index contributed by atoms with van der Waals surface area (Å²) >= 11 is 0. The van der Waals surface area contributed by atoms with Crippen molar-refractivity contribution in [2.75, 3.05) is 13.2 Å². The Kier molecular flexibility index (Phi) is 6.55. The summed E-state index contributed by atoms with van der Waals surface area (Å²) in [5, 5.41) is 9.21. The summed E-state index contributed by atoms with van der Waals surface area (Å²) in [4.78, 5) is 13.9. The van der Waals surface area contributed by atoms with Crippen molar-refractivity contribution < 1.29 is 32.5 Å². The molecule has 1 aliphatic heterocycles. The van der Waals surface area contributed by atoms with Crippen molar-refractivity contribution in [2.24, 2.45) is 5.92 Å². The van der Waals surface area contributed by atoms with E-state index in [2.05, 4.69) is 0 Å². The quantitative estimate of drug-likeness (QED) is 0.817. The van der Waals surface area contributed by atoms with Crippen LogP contribution in [0.3, 0.4) is 0 Å². The molecule has 142 valence electrons. The summed E-state index contributed by atoms with van der Waals surface area (Å²) in [5.74, 6) is -0.522. The Morgan fingerprint density at radius 3 is 2.38 bits per heavy atom. The lowest BCUT2D eigenvalue weighted by Crippen LogP contribution is -2.52. The Morgan fingerprint density at radius 1 is 1.33 bits per heavy atom. The first-order chi connectivity index (χ1) is 10.8. The van der Waals surface area contributed by atoms with Gasteiger partial charge >= 0.3 is 12.3 Å². The second-order valence-corrected chi connectivity index (χ2v) is 7.60. The number of hydrogen-bond acceptors (Lipinski definition) is 4. The van der Waals surface area contributed by atoms with Gasteiger partial charge in [0.15, 0.2) is 0 Å². The van der Waals surface area contributed by atoms with Crippen LogP contribution in [0.15, 0.2) is 0 Å². The highest BCUT2D eigenvalue weighted by molar-refractivity contribution is 5.69. The number of halogens is 3. The number of amides is 1. The molecule has 2 atom stereocenters. The molecule has 0 aromatic carbocycles. The first kappa shape index (κ1) is 21.0. The maximum absolute atomic E-state index is 12.6. The zero-order valence-corrected chi connectivity index (χ0v) is 14.9. The molecule has 1 fully saturated rings. The van der Waals surface area contributed by atoms with Gasteiger partial charge in [-0.15, -0.1) is 0 Å². The Balaban J connectivity index is 2.96. The number of hydrogen-bond donors (Lipinski definition) is 1. The van der Waals surface area contributed by atoms with Gasteiger partial charge in [0.25, 0.3) is 0 Å². The number of aliphatic hydroxyl groups excluding tert-OH is 1. The second kappa shape index (κ2) is 7.47. The van der Waals surface area contributed by atoms with Gasteiger partial charge in [-0.2, -0.15) is 13.2 Å². The third kappa shape index (κ3) is 6.12. The van der Waals surface area contributed by atoms with Crippen LogP contribution in [0.4, 0.5) is 18.0 Å². The van der Waals surface area contributed by atoms with E-state index >= 15 is 0 Å². The van der Waals surface area contributed by atoms with E-state index in [0.29, 0.717) is 0 Å². The van der Waals surface area contributed by atoms with Crippen molar-refractivity contribution in [3.8, 4) is 0 Å². The van der Waals surface area contributed by atoms with E-state index in [0.717, 1.165) is 0 Å². The van der Waals surface area contributed by atoms with Gasteiger partial charge in [0.2, 0.25) is 0 Å². The predicted octanol–water partition coefficient (Wildman–Crippen LogP) is 3.70. The molecular formula is C16H28F3NO4. The summed E-state index contributed by atoms with van der Waals surface area (Å²) in [6.07, 6.45) is -5.87. The van der Waals surface area contributed by atoms with Crippen LogP contribution in [0.5, 0.6) is 0 Å². The van der Waals surface area contributed by atoms with Gasteiger partial charge in [0, 0.05) is 13.0 Å². The minimum atomic E-state index is -4.28. The van der Waals surface area contributed by atoms with Crippen LogP contribution in [-0.2, 0) is 9.47 Å². The monoisotopic (exact) mass is 355 g/mol. The molecule has 1 N–H and O–H groups in total. The molecule has 24 heavy (non-hydrogen) atoms. The number of carbonyl (C=O) groups is 1. The normalized spacial score (nSPS) is 22.5. The summed E-state index contributed by atoms with van der Waals surface area (Å²) in [5.41, 5.74) is -1.70. The lowest BCUT2D eigenvalue weighted by molar-refractivity contribution is -0.139. The fourth-order valence-corrected chi connectivity index (χ4v) is 2.89. The van der Waals surface area contributed by atoms with E-state index in [9.17, 15) is 23.1 Å². The third-order valence-electron chi connectivity index (χ3n) is 3.95. The number of carbonyl (C=O) groups excluding carboxylic acids is 1. The first-order valence-corrected chi connectivity index (χ1v) is 8.11. The molecule has 1 saturated heterocycles. The highest BCUT2D eigenvalue weighted by atomic mass is 19.4. The average Bonchev–Trinajstić information content (AvgIpc) is 2.67. The second-order valence-electron chi connectivity index (χ2n) is 7.60. The number of nitrogens with zero attached hydrogens (tertiary/aromatic N) is 1. The van der Waals surface area contributed by atoms with E-state index in [1.54, 1.807) is 34.6 Å². The van der Waals surface area contributed by atoms with Crippen LogP contribution >= 0.6 is 0 Å². The fourth-order valence-electron chi connectivity index (χ4n) is 2.89. The molecule has 0 unspecified atom stereocenters. The largest absolute Gasteiger partial charge is 0.444 e. The van der Waals surface area contributed by atoms with Crippen molar-refractivity contribution in [1.82, 2.24) is 4.90 Å². The Bertz CT molecular complexity index is 432. The average molecular weight is 355 g/mol. The van der Waals surface area contributed by atoms with Crippen molar-refractivity contribution in [3.05, 3.63) is 0 Å². The maximum Gasteiger partial charge on any atom is 0.412 e. The van der Waals surface area contributed by atoms with Crippen LogP contribution in [0.2, 0.25) is 0 Å². The Morgan fingerprint density at radius 2 is 1.92 bits per heavy atom. The zero-order valence-electron chi connectivity index (χ0n) is 14.9. The van der Waals surface area contributed by atoms with Gasteiger partial charge in [-0.3, -0.25) is 4.90 Å². The maximum atomic E-state index is 12.6. The minimum absolute atomic E-state index is 0.120. The molecule has 0 bridgehead atoms. The van der Waals surface area contributed by atoms with Crippen molar-refractivity contribution in [1.29, 1.82) is 0 Å². The molecule has 8 heteroatoms. The summed E-state index contributed by atoms with van der Waals surface area (Å²) in [6, 6.07) is -0.565. The molecule has 1 aliphatic rings. The zero-order chi connectivity index (χ0) is 18.8. The summed E-state index contributed by atoms with van der Waals surface area (Å²) in [6.45, 7) is 8.39. The minimum Gasteiger partial charge on any atom is -0.444 e. The number of rotatable bonds is 5. The predicted molar refractivity (Wildman–Crippen MR) is 82.4 cm³/mol. The van der Waals surface area contributed by atoms with Crippen LogP contribution in [0, 0.1) is 5.92 Å². The molecule has 5 nitrogen and oxygen atoms in total. The van der Waals surface area contributed by atoms with E-state index in [4.69, 9.17) is 9.47 Å². The van der Waals surface area contributed by atoms with Crippen LogP contribution in [0.1, 0.15) is 53.9 Å². The molecular weight excluding hydrogens is 327 g/mol. The Hall–Kier alpha value is -1.02. The van der Waals surface area contributed by atoms with Gasteiger partial charge < -0.3 is 14.6 Å². The molecule has 1 amide bonds. The van der Waals surface area contributed by atoms with E-state index in [1.165, 1.54) is 4.90 Å². The van der Waals surface area contributed by atoms with Crippen LogP contribution in [-0.4, -0.2) is 52.9 Å². The van der Waals surface area contributed by atoms with Gasteiger partial charge in [-0.1, -0.05) is 0 Å². The molecule has 0 aliphatic carbocycles. The smallest absolute Gasteiger partial charge is 0.412 e. The fraction of sp³-hybridized carbons (Fsp3) is 0.938. The topological polar surface area (TPSA) is 59.0 Å². The van der Waals surface area contributed by atoms with Gasteiger partial charge in [0.1, 0.15) is 11.3 Å². The summed E-state index contributed by atoms with van der Waals surface area (Å²) in [7, 11) is 0. The van der Waals surface area contributed by atoms with Crippen molar-refractivity contribution >= 4 is 6.09 Å². The number of alkyl halides is 3. The lowest BCUT2D eigenvalue weighted by Gasteiger charge is -2.37. The third-order valence-corrected chi connectivity index (χ3v) is 3.95. The van der Waals surface area contributed by atoms with Crippen LogP contribution < -0.4 is 0 Å². The van der Waals surface area contributed by atoms with Gasteiger partial charge in [0.05, 0.1) is 12.6 Å². The Labute approximate surface area is 141 Å². The van der Waals surface area contributed by atoms with Crippen molar-refractivity contribution in [2.45, 2.75) is 77.4 Å². The van der Waals surface area contributed by atoms with Crippen LogP contribution in [0.25, 0.3) is 0 Å². The molecule has 0 aromatic heterocycles. The number of ether oxygens (including phenoxy) is 2. The standard InChI is InChI=1S/C16H28F3NO4/c1-14(2,3)24-13(22)20-12(10-23-15(20,4)5)11(7-9-21)6-8-16(17,18)19/h11-12,21H,6-10H2,1-5H3/t11-,12+/m1/s1. The summed E-state index contributed by atoms with van der Waals surface area (Å²) < 4.78 is 48.7. The lowest BCUT2D eigenvalue weighted by atomic mass is 9.90. The molecule has 0 radical (unpaired) electrons. The molecule has 0 spiro atoms. The van der Waals surface area contributed by atoms with Gasteiger partial charge in [-0.25, -0.2) is 4.79 Å². The molecule has 0 saturated carbocycles. The highest BCUT2D eigenvalue weighted by Crippen LogP contribution is 2.37. The number of aliphatic hydroxyl groups is 1. The first-order valence-electron chi connectivity index (χ1n) is 8.11.